The third-order valence-corrected chi connectivity index (χ3v) is 4.06. The fourth-order valence-corrected chi connectivity index (χ4v) is 2.65. The van der Waals surface area contributed by atoms with E-state index >= 15 is 0 Å². The van der Waals surface area contributed by atoms with Crippen LogP contribution < -0.4 is 0 Å². The van der Waals surface area contributed by atoms with Gasteiger partial charge in [-0.3, -0.25) is 4.79 Å². The predicted octanol–water partition coefficient (Wildman–Crippen LogP) is 3.20. The molecule has 0 N–H and O–H groups in total. The molecule has 1 saturated heterocycles. The van der Waals surface area contributed by atoms with E-state index < -0.39 is 0 Å². The maximum absolute atomic E-state index is 12.3. The number of rotatable bonds is 3. The molecule has 0 spiro atoms. The molecule has 3 rings (SSSR count). The van der Waals surface area contributed by atoms with Crippen LogP contribution in [0.1, 0.15) is 47.8 Å². The van der Waals surface area contributed by atoms with Gasteiger partial charge >= 0.3 is 0 Å². The third kappa shape index (κ3) is 2.85. The fourth-order valence-electron chi connectivity index (χ4n) is 2.25. The summed E-state index contributed by atoms with van der Waals surface area (Å²) in [4.78, 5) is 18.5. The minimum Gasteiger partial charge on any atom is -0.339 e. The molecule has 0 saturated carbocycles. The van der Waals surface area contributed by atoms with Gasteiger partial charge < -0.3 is 9.42 Å². The molecule has 0 aliphatic carbocycles. The zero-order chi connectivity index (χ0) is 15.0. The van der Waals surface area contributed by atoms with Gasteiger partial charge in [0, 0.05) is 29.0 Å². The summed E-state index contributed by atoms with van der Waals surface area (Å²) in [5.41, 5.74) is 0.691. The minimum atomic E-state index is 0.0381. The maximum atomic E-state index is 12.3. The average molecular weight is 350 g/mol. The van der Waals surface area contributed by atoms with Gasteiger partial charge in [0.2, 0.25) is 5.89 Å². The quantitative estimate of drug-likeness (QED) is 0.853. The van der Waals surface area contributed by atoms with Gasteiger partial charge in [0.15, 0.2) is 5.82 Å². The van der Waals surface area contributed by atoms with E-state index in [1.54, 1.807) is 4.90 Å². The molecule has 21 heavy (non-hydrogen) atoms. The van der Waals surface area contributed by atoms with Crippen molar-refractivity contribution in [2.45, 2.75) is 25.7 Å². The average Bonchev–Trinajstić information content (AvgIpc) is 2.86. The Morgan fingerprint density at radius 3 is 2.81 bits per heavy atom. The van der Waals surface area contributed by atoms with Crippen molar-refractivity contribution < 1.29 is 9.32 Å². The van der Waals surface area contributed by atoms with Crippen LogP contribution in [0.5, 0.6) is 0 Å². The molecule has 0 atom stereocenters. The number of carbonyl (C=O) groups excluding carboxylic acids is 1. The molecule has 6 heteroatoms. The summed E-state index contributed by atoms with van der Waals surface area (Å²) in [7, 11) is 0. The van der Waals surface area contributed by atoms with Crippen LogP contribution in [0.2, 0.25) is 0 Å². The van der Waals surface area contributed by atoms with E-state index in [4.69, 9.17) is 4.52 Å². The molecule has 110 valence electrons. The van der Waals surface area contributed by atoms with Crippen molar-refractivity contribution >= 4 is 21.8 Å². The monoisotopic (exact) mass is 349 g/mol. The Hall–Kier alpha value is -1.69. The molecule has 1 amide bonds. The first kappa shape index (κ1) is 14.3. The third-order valence-electron chi connectivity index (χ3n) is 3.56. The number of hydrogen-bond acceptors (Lipinski definition) is 4. The van der Waals surface area contributed by atoms with Crippen LogP contribution in [-0.4, -0.2) is 34.0 Å². The number of amides is 1. The van der Waals surface area contributed by atoms with E-state index in [0.29, 0.717) is 24.5 Å². The molecular weight excluding hydrogens is 334 g/mol. The maximum Gasteiger partial charge on any atom is 0.253 e. The van der Waals surface area contributed by atoms with Gasteiger partial charge in [0.25, 0.3) is 5.91 Å². The summed E-state index contributed by atoms with van der Waals surface area (Å²) in [6.07, 6.45) is 0. The summed E-state index contributed by atoms with van der Waals surface area (Å²) in [6.45, 7) is 5.31. The summed E-state index contributed by atoms with van der Waals surface area (Å²) in [5, 5.41) is 3.96. The Morgan fingerprint density at radius 1 is 1.43 bits per heavy atom. The van der Waals surface area contributed by atoms with Gasteiger partial charge in [-0.15, -0.1) is 0 Å². The molecule has 0 radical (unpaired) electrons. The van der Waals surface area contributed by atoms with Crippen molar-refractivity contribution in [2.75, 3.05) is 13.1 Å². The normalized spacial score (nSPS) is 15.3. The lowest BCUT2D eigenvalue weighted by Gasteiger charge is -2.37. The van der Waals surface area contributed by atoms with Crippen molar-refractivity contribution in [3.05, 3.63) is 46.0 Å². The molecule has 0 unspecified atom stereocenters. The van der Waals surface area contributed by atoms with E-state index in [0.717, 1.165) is 10.3 Å². The fraction of sp³-hybridized carbons (Fsp3) is 0.400. The highest BCUT2D eigenvalue weighted by Gasteiger charge is 2.36. The SMILES string of the molecule is CC(C)c1noc(C2CN(C(=O)c3cccc(Br)c3)C2)n1. The second-order valence-electron chi connectivity index (χ2n) is 5.56. The molecular formula is C15H16BrN3O2. The minimum absolute atomic E-state index is 0.0381. The Balaban J connectivity index is 1.63. The standard InChI is InChI=1S/C15H16BrN3O2/c1-9(2)13-17-14(21-18-13)11-7-19(8-11)15(20)10-4-3-5-12(16)6-10/h3-6,9,11H,7-8H2,1-2H3. The Labute approximate surface area is 131 Å². The molecule has 1 aliphatic heterocycles. The van der Waals surface area contributed by atoms with Crippen LogP contribution in [0.15, 0.2) is 33.3 Å². The summed E-state index contributed by atoms with van der Waals surface area (Å²) in [5.74, 6) is 1.80. The Kier molecular flexibility index (Phi) is 3.80. The Bertz CT molecular complexity index is 662. The molecule has 1 fully saturated rings. The van der Waals surface area contributed by atoms with Crippen molar-refractivity contribution in [1.29, 1.82) is 0 Å². The molecule has 2 aromatic rings. The largest absolute Gasteiger partial charge is 0.339 e. The van der Waals surface area contributed by atoms with Gasteiger partial charge in [-0.25, -0.2) is 0 Å². The summed E-state index contributed by atoms with van der Waals surface area (Å²) >= 11 is 3.38. The lowest BCUT2D eigenvalue weighted by molar-refractivity contribution is 0.0569. The smallest absolute Gasteiger partial charge is 0.253 e. The van der Waals surface area contributed by atoms with Gasteiger partial charge in [-0.05, 0) is 18.2 Å². The van der Waals surface area contributed by atoms with Gasteiger partial charge in [0.05, 0.1) is 5.92 Å². The van der Waals surface area contributed by atoms with Gasteiger partial charge in [-0.1, -0.05) is 41.0 Å². The van der Waals surface area contributed by atoms with Crippen LogP contribution >= 0.6 is 15.9 Å². The van der Waals surface area contributed by atoms with Crippen LogP contribution in [0, 0.1) is 0 Å². The molecule has 1 aromatic carbocycles. The molecule has 0 bridgehead atoms. The van der Waals surface area contributed by atoms with E-state index in [9.17, 15) is 4.79 Å². The number of carbonyl (C=O) groups is 1. The van der Waals surface area contributed by atoms with Crippen molar-refractivity contribution in [3.63, 3.8) is 0 Å². The number of aromatic nitrogens is 2. The lowest BCUT2D eigenvalue weighted by atomic mass is 9.98. The van der Waals surface area contributed by atoms with Crippen LogP contribution in [0.25, 0.3) is 0 Å². The highest BCUT2D eigenvalue weighted by molar-refractivity contribution is 9.10. The first-order chi connectivity index (χ1) is 10.0. The first-order valence-corrected chi connectivity index (χ1v) is 7.72. The molecule has 5 nitrogen and oxygen atoms in total. The van der Waals surface area contributed by atoms with Gasteiger partial charge in [-0.2, -0.15) is 4.98 Å². The molecule has 1 aromatic heterocycles. The first-order valence-electron chi connectivity index (χ1n) is 6.93. The zero-order valence-electron chi connectivity index (χ0n) is 11.9. The summed E-state index contributed by atoms with van der Waals surface area (Å²) < 4.78 is 6.18. The van der Waals surface area contributed by atoms with Crippen molar-refractivity contribution in [2.24, 2.45) is 0 Å². The van der Waals surface area contributed by atoms with E-state index in [1.807, 2.05) is 38.1 Å². The summed E-state index contributed by atoms with van der Waals surface area (Å²) in [6, 6.07) is 7.42. The van der Waals surface area contributed by atoms with E-state index in [-0.39, 0.29) is 17.7 Å². The van der Waals surface area contributed by atoms with Crippen molar-refractivity contribution in [3.8, 4) is 0 Å². The van der Waals surface area contributed by atoms with Gasteiger partial charge in [0.1, 0.15) is 0 Å². The number of benzene rings is 1. The Morgan fingerprint density at radius 2 is 2.19 bits per heavy atom. The number of nitrogens with zero attached hydrogens (tertiary/aromatic N) is 3. The topological polar surface area (TPSA) is 59.2 Å². The highest BCUT2D eigenvalue weighted by Crippen LogP contribution is 2.28. The number of likely N-dealkylation sites (tertiary alicyclic amines) is 1. The van der Waals surface area contributed by atoms with Crippen LogP contribution in [-0.2, 0) is 0 Å². The second-order valence-corrected chi connectivity index (χ2v) is 6.48. The lowest BCUT2D eigenvalue weighted by Crippen LogP contribution is -2.48. The van der Waals surface area contributed by atoms with Crippen molar-refractivity contribution in [1.82, 2.24) is 15.0 Å². The second kappa shape index (κ2) is 5.60. The van der Waals surface area contributed by atoms with Crippen LogP contribution in [0.4, 0.5) is 0 Å². The number of hydrogen-bond donors (Lipinski definition) is 0. The number of halogens is 1. The van der Waals surface area contributed by atoms with Crippen LogP contribution in [0.3, 0.4) is 0 Å². The molecule has 1 aliphatic rings. The van der Waals surface area contributed by atoms with E-state index in [1.165, 1.54) is 0 Å². The molecule has 2 heterocycles. The zero-order valence-corrected chi connectivity index (χ0v) is 13.5. The predicted molar refractivity (Wildman–Crippen MR) is 81.2 cm³/mol. The highest BCUT2D eigenvalue weighted by atomic mass is 79.9. The van der Waals surface area contributed by atoms with E-state index in [2.05, 4.69) is 26.1 Å².